The fraction of sp³-hybridized carbons (Fsp3) is 0.500. The lowest BCUT2D eigenvalue weighted by Gasteiger charge is -2.49. The van der Waals surface area contributed by atoms with Crippen LogP contribution in [-0.2, 0) is 30.1 Å². The number of carbonyl (C=O) groups is 1. The van der Waals surface area contributed by atoms with Crippen molar-refractivity contribution in [2.45, 2.75) is 44.4 Å². The molecule has 1 aromatic heterocycles. The third-order valence-corrected chi connectivity index (χ3v) is 6.10. The molecule has 2 aliphatic rings. The maximum atomic E-state index is 12.3. The average Bonchev–Trinajstić information content (AvgIpc) is 2.94. The van der Waals surface area contributed by atoms with Crippen molar-refractivity contribution in [3.63, 3.8) is 0 Å². The molecule has 2 aromatic rings. The number of nitrogens with zero attached hydrogens (tertiary/aromatic N) is 2. The number of Topliss-reactive ketones (excluding diaryl/α,β-unsaturated/α-hetero) is 1. The number of aryl methyl sites for hydroxylation is 2. The highest BCUT2D eigenvalue weighted by molar-refractivity contribution is 5.82. The van der Waals surface area contributed by atoms with E-state index < -0.39 is 0 Å². The second kappa shape index (κ2) is 5.33. The second-order valence-electron chi connectivity index (χ2n) is 7.40. The predicted octanol–water partition coefficient (Wildman–Crippen LogP) is 3.46. The molecule has 1 aromatic carbocycles. The average molecular weight is 308 g/mol. The summed E-state index contributed by atoms with van der Waals surface area (Å²) in [5.74, 6) is 1.02. The van der Waals surface area contributed by atoms with E-state index in [4.69, 9.17) is 5.10 Å². The van der Waals surface area contributed by atoms with Gasteiger partial charge in [0.25, 0.3) is 0 Å². The van der Waals surface area contributed by atoms with Gasteiger partial charge in [0.1, 0.15) is 5.78 Å². The minimum absolute atomic E-state index is 0.0313. The maximum Gasteiger partial charge on any atom is 0.136 e. The fourth-order valence-electron chi connectivity index (χ4n) is 5.00. The molecular weight excluding hydrogens is 284 g/mol. The molecule has 2 aliphatic carbocycles. The van der Waals surface area contributed by atoms with Crippen molar-refractivity contribution < 1.29 is 4.79 Å². The highest BCUT2D eigenvalue weighted by atomic mass is 16.1. The van der Waals surface area contributed by atoms with Crippen LogP contribution in [0.1, 0.15) is 43.0 Å². The van der Waals surface area contributed by atoms with Gasteiger partial charge >= 0.3 is 0 Å². The van der Waals surface area contributed by atoms with Gasteiger partial charge in [-0.25, -0.2) is 0 Å². The van der Waals surface area contributed by atoms with E-state index in [1.807, 2.05) is 11.7 Å². The SMILES string of the molecule is CC1C(=O)CCC2(Cc3ccccc3)c3nn(C)cc3CCC12. The van der Waals surface area contributed by atoms with E-state index >= 15 is 0 Å². The Morgan fingerprint density at radius 2 is 2.04 bits per heavy atom. The number of fused-ring (bicyclic) bond motifs is 3. The van der Waals surface area contributed by atoms with E-state index in [0.717, 1.165) is 25.7 Å². The smallest absolute Gasteiger partial charge is 0.136 e. The van der Waals surface area contributed by atoms with E-state index in [0.29, 0.717) is 18.1 Å². The fourth-order valence-corrected chi connectivity index (χ4v) is 5.00. The molecule has 4 rings (SSSR count). The first-order chi connectivity index (χ1) is 11.1. The third kappa shape index (κ3) is 2.25. The van der Waals surface area contributed by atoms with E-state index in [2.05, 4.69) is 43.5 Å². The first kappa shape index (κ1) is 14.7. The Hall–Kier alpha value is -1.90. The van der Waals surface area contributed by atoms with Crippen LogP contribution in [0.25, 0.3) is 0 Å². The monoisotopic (exact) mass is 308 g/mol. The van der Waals surface area contributed by atoms with Crippen LogP contribution < -0.4 is 0 Å². The summed E-state index contributed by atoms with van der Waals surface area (Å²) in [6.45, 7) is 2.14. The zero-order chi connectivity index (χ0) is 16.0. The second-order valence-corrected chi connectivity index (χ2v) is 7.40. The number of hydrogen-bond donors (Lipinski definition) is 0. The van der Waals surface area contributed by atoms with Gasteiger partial charge in [0, 0.05) is 31.0 Å². The zero-order valence-electron chi connectivity index (χ0n) is 14.0. The van der Waals surface area contributed by atoms with Crippen LogP contribution in [0.2, 0.25) is 0 Å². The molecule has 0 spiro atoms. The summed E-state index contributed by atoms with van der Waals surface area (Å²) in [5, 5.41) is 4.87. The van der Waals surface area contributed by atoms with Gasteiger partial charge in [0.05, 0.1) is 5.69 Å². The molecule has 0 radical (unpaired) electrons. The van der Waals surface area contributed by atoms with Crippen molar-refractivity contribution in [3.8, 4) is 0 Å². The third-order valence-electron chi connectivity index (χ3n) is 6.10. The standard InChI is InChI=1S/C20H24N2O/c1-14-17-9-8-16-13-22(2)21-19(16)20(17,11-10-18(14)23)12-15-6-4-3-5-7-15/h3-7,13-14,17H,8-12H2,1-2H3. The molecule has 0 aliphatic heterocycles. The van der Waals surface area contributed by atoms with Crippen LogP contribution in [0, 0.1) is 11.8 Å². The topological polar surface area (TPSA) is 34.9 Å². The predicted molar refractivity (Wildman–Crippen MR) is 90.2 cm³/mol. The van der Waals surface area contributed by atoms with Gasteiger partial charge in [0.15, 0.2) is 0 Å². The van der Waals surface area contributed by atoms with Gasteiger partial charge in [-0.1, -0.05) is 37.3 Å². The first-order valence-corrected chi connectivity index (χ1v) is 8.70. The van der Waals surface area contributed by atoms with Gasteiger partial charge in [0.2, 0.25) is 0 Å². The highest BCUT2D eigenvalue weighted by Crippen LogP contribution is 2.52. The lowest BCUT2D eigenvalue weighted by molar-refractivity contribution is -0.129. The Bertz CT molecular complexity index is 733. The number of benzene rings is 1. The minimum atomic E-state index is 0.0313. The van der Waals surface area contributed by atoms with Crippen LogP contribution in [0.4, 0.5) is 0 Å². The number of hydrogen-bond acceptors (Lipinski definition) is 2. The summed E-state index contributed by atoms with van der Waals surface area (Å²) in [5.41, 5.74) is 4.04. The van der Waals surface area contributed by atoms with Gasteiger partial charge < -0.3 is 0 Å². The van der Waals surface area contributed by atoms with E-state index in [1.54, 1.807) is 0 Å². The Kier molecular flexibility index (Phi) is 3.40. The molecule has 23 heavy (non-hydrogen) atoms. The van der Waals surface area contributed by atoms with Gasteiger partial charge in [-0.2, -0.15) is 5.10 Å². The lowest BCUT2D eigenvalue weighted by atomic mass is 9.54. The Morgan fingerprint density at radius 3 is 2.83 bits per heavy atom. The number of aromatic nitrogens is 2. The first-order valence-electron chi connectivity index (χ1n) is 8.70. The molecular formula is C20H24N2O. The molecule has 1 heterocycles. The summed E-state index contributed by atoms with van der Waals surface area (Å²) in [7, 11) is 2.01. The van der Waals surface area contributed by atoms with Crippen molar-refractivity contribution in [3.05, 3.63) is 53.3 Å². The zero-order valence-corrected chi connectivity index (χ0v) is 14.0. The Balaban J connectivity index is 1.84. The summed E-state index contributed by atoms with van der Waals surface area (Å²) in [6.07, 6.45) is 6.99. The van der Waals surface area contributed by atoms with E-state index in [-0.39, 0.29) is 11.3 Å². The Labute approximate surface area is 137 Å². The van der Waals surface area contributed by atoms with Crippen LogP contribution in [0.15, 0.2) is 36.5 Å². The molecule has 3 atom stereocenters. The van der Waals surface area contributed by atoms with Crippen LogP contribution in [-0.4, -0.2) is 15.6 Å². The number of ketones is 1. The van der Waals surface area contributed by atoms with Crippen molar-refractivity contribution in [2.24, 2.45) is 18.9 Å². The molecule has 1 saturated carbocycles. The van der Waals surface area contributed by atoms with Crippen LogP contribution >= 0.6 is 0 Å². The van der Waals surface area contributed by atoms with Crippen molar-refractivity contribution in [2.75, 3.05) is 0 Å². The molecule has 0 amide bonds. The minimum Gasteiger partial charge on any atom is -0.299 e. The summed E-state index contributed by atoms with van der Waals surface area (Å²) >= 11 is 0. The normalized spacial score (nSPS) is 29.9. The molecule has 0 N–H and O–H groups in total. The van der Waals surface area contributed by atoms with Gasteiger partial charge in [-0.15, -0.1) is 0 Å². The molecule has 0 saturated heterocycles. The lowest BCUT2D eigenvalue weighted by Crippen LogP contribution is -2.50. The molecule has 3 heteroatoms. The molecule has 120 valence electrons. The quantitative estimate of drug-likeness (QED) is 0.851. The van der Waals surface area contributed by atoms with Gasteiger partial charge in [-0.05, 0) is 42.7 Å². The molecule has 1 fully saturated rings. The van der Waals surface area contributed by atoms with E-state index in [9.17, 15) is 4.79 Å². The maximum absolute atomic E-state index is 12.3. The van der Waals surface area contributed by atoms with Crippen LogP contribution in [0.5, 0.6) is 0 Å². The number of carbonyl (C=O) groups excluding carboxylic acids is 1. The van der Waals surface area contributed by atoms with Crippen molar-refractivity contribution in [1.29, 1.82) is 0 Å². The number of rotatable bonds is 2. The highest BCUT2D eigenvalue weighted by Gasteiger charge is 2.52. The molecule has 3 nitrogen and oxygen atoms in total. The van der Waals surface area contributed by atoms with Crippen LogP contribution in [0.3, 0.4) is 0 Å². The summed E-state index contributed by atoms with van der Waals surface area (Å²) < 4.78 is 1.96. The largest absolute Gasteiger partial charge is 0.299 e. The summed E-state index contributed by atoms with van der Waals surface area (Å²) in [4.78, 5) is 12.3. The molecule has 3 unspecified atom stereocenters. The van der Waals surface area contributed by atoms with E-state index in [1.165, 1.54) is 16.8 Å². The van der Waals surface area contributed by atoms with Crippen molar-refractivity contribution >= 4 is 5.78 Å². The molecule has 0 bridgehead atoms. The summed E-state index contributed by atoms with van der Waals surface area (Å²) in [6, 6.07) is 10.7. The van der Waals surface area contributed by atoms with Gasteiger partial charge in [-0.3, -0.25) is 9.48 Å². The van der Waals surface area contributed by atoms with Crippen molar-refractivity contribution in [1.82, 2.24) is 9.78 Å². The Morgan fingerprint density at radius 1 is 1.26 bits per heavy atom.